The summed E-state index contributed by atoms with van der Waals surface area (Å²) in [6, 6.07) is 10.4. The predicted octanol–water partition coefficient (Wildman–Crippen LogP) is 4.39. The summed E-state index contributed by atoms with van der Waals surface area (Å²) in [5, 5.41) is 9.43. The van der Waals surface area contributed by atoms with E-state index in [1.165, 1.54) is 31.4 Å². The van der Waals surface area contributed by atoms with Crippen LogP contribution in [0.1, 0.15) is 26.2 Å². The Morgan fingerprint density at radius 2 is 1.96 bits per heavy atom. The zero-order chi connectivity index (χ0) is 16.1. The highest BCUT2D eigenvalue weighted by Gasteiger charge is 2.19. The molecule has 3 nitrogen and oxygen atoms in total. The number of benzene rings is 1. The standard InChI is InChI=1S/C18H22FN3S/c1-2-23-16-5-3-4-12-22(13-16)18-11-10-17(20-21-18)14-6-8-15(19)9-7-14/h6-11,16H,2-5,12-13H2,1H3. The van der Waals surface area contributed by atoms with Crippen LogP contribution in [0.15, 0.2) is 36.4 Å². The quantitative estimate of drug-likeness (QED) is 0.830. The molecule has 0 aliphatic carbocycles. The smallest absolute Gasteiger partial charge is 0.151 e. The van der Waals surface area contributed by atoms with Crippen LogP contribution in [0, 0.1) is 5.82 Å². The van der Waals surface area contributed by atoms with Gasteiger partial charge in [0.25, 0.3) is 0 Å². The van der Waals surface area contributed by atoms with Crippen LogP contribution in [0.25, 0.3) is 11.3 Å². The van der Waals surface area contributed by atoms with Crippen LogP contribution in [-0.4, -0.2) is 34.3 Å². The Hall–Kier alpha value is -1.62. The molecule has 1 saturated heterocycles. The van der Waals surface area contributed by atoms with Gasteiger partial charge < -0.3 is 4.90 Å². The van der Waals surface area contributed by atoms with Crippen molar-refractivity contribution in [1.29, 1.82) is 0 Å². The van der Waals surface area contributed by atoms with Gasteiger partial charge in [-0.15, -0.1) is 10.2 Å². The van der Waals surface area contributed by atoms with Gasteiger partial charge in [0, 0.05) is 23.9 Å². The molecular formula is C18H22FN3S. The minimum atomic E-state index is -0.234. The van der Waals surface area contributed by atoms with Crippen LogP contribution in [0.4, 0.5) is 10.2 Å². The van der Waals surface area contributed by atoms with Crippen molar-refractivity contribution in [2.24, 2.45) is 0 Å². The lowest BCUT2D eigenvalue weighted by molar-refractivity contribution is 0.628. The molecule has 122 valence electrons. The second-order valence-corrected chi connectivity index (χ2v) is 7.38. The Morgan fingerprint density at radius 1 is 1.13 bits per heavy atom. The molecule has 0 amide bonds. The zero-order valence-corrected chi connectivity index (χ0v) is 14.2. The Morgan fingerprint density at radius 3 is 2.65 bits per heavy atom. The fourth-order valence-electron chi connectivity index (χ4n) is 2.95. The zero-order valence-electron chi connectivity index (χ0n) is 13.4. The van der Waals surface area contributed by atoms with Crippen LogP contribution in [-0.2, 0) is 0 Å². The van der Waals surface area contributed by atoms with Crippen molar-refractivity contribution in [1.82, 2.24) is 10.2 Å². The lowest BCUT2D eigenvalue weighted by Gasteiger charge is -2.24. The molecule has 1 aromatic carbocycles. The molecular weight excluding hydrogens is 309 g/mol. The molecule has 0 radical (unpaired) electrons. The lowest BCUT2D eigenvalue weighted by Crippen LogP contribution is -2.30. The minimum absolute atomic E-state index is 0.234. The summed E-state index contributed by atoms with van der Waals surface area (Å²) >= 11 is 2.04. The third-order valence-corrected chi connectivity index (χ3v) is 5.33. The highest BCUT2D eigenvalue weighted by atomic mass is 32.2. The Labute approximate surface area is 141 Å². The topological polar surface area (TPSA) is 29.0 Å². The van der Waals surface area contributed by atoms with E-state index in [9.17, 15) is 4.39 Å². The molecule has 2 aromatic rings. The first kappa shape index (κ1) is 16.2. The number of halogens is 1. The molecule has 0 spiro atoms. The normalized spacial score (nSPS) is 18.7. The average molecular weight is 331 g/mol. The van der Waals surface area contributed by atoms with Gasteiger partial charge in [0.2, 0.25) is 0 Å². The van der Waals surface area contributed by atoms with Gasteiger partial charge in [0.1, 0.15) is 5.82 Å². The van der Waals surface area contributed by atoms with E-state index in [0.717, 1.165) is 35.9 Å². The number of aromatic nitrogens is 2. The number of hydrogen-bond donors (Lipinski definition) is 0. The first-order valence-corrected chi connectivity index (χ1v) is 9.27. The molecule has 1 aliphatic rings. The summed E-state index contributed by atoms with van der Waals surface area (Å²) < 4.78 is 13.0. The van der Waals surface area contributed by atoms with E-state index in [1.54, 1.807) is 12.1 Å². The van der Waals surface area contributed by atoms with Crippen molar-refractivity contribution in [3.05, 3.63) is 42.2 Å². The van der Waals surface area contributed by atoms with Gasteiger partial charge in [0.15, 0.2) is 5.82 Å². The molecule has 0 N–H and O–H groups in total. The van der Waals surface area contributed by atoms with E-state index in [4.69, 9.17) is 0 Å². The molecule has 1 fully saturated rings. The van der Waals surface area contributed by atoms with E-state index in [2.05, 4.69) is 22.0 Å². The van der Waals surface area contributed by atoms with Crippen LogP contribution in [0.3, 0.4) is 0 Å². The Bertz CT molecular complexity index is 615. The van der Waals surface area contributed by atoms with Gasteiger partial charge in [-0.2, -0.15) is 11.8 Å². The Kier molecular flexibility index (Phi) is 5.49. The molecule has 1 aromatic heterocycles. The summed E-state index contributed by atoms with van der Waals surface area (Å²) in [4.78, 5) is 2.35. The van der Waals surface area contributed by atoms with Crippen LogP contribution in [0.2, 0.25) is 0 Å². The molecule has 3 rings (SSSR count). The third-order valence-electron chi connectivity index (χ3n) is 4.14. The largest absolute Gasteiger partial charge is 0.354 e. The highest BCUT2D eigenvalue weighted by Crippen LogP contribution is 2.25. The fraction of sp³-hybridized carbons (Fsp3) is 0.444. The molecule has 1 aliphatic heterocycles. The van der Waals surface area contributed by atoms with Gasteiger partial charge in [-0.1, -0.05) is 13.3 Å². The van der Waals surface area contributed by atoms with Gasteiger partial charge in [-0.3, -0.25) is 0 Å². The summed E-state index contributed by atoms with van der Waals surface area (Å²) in [7, 11) is 0. The first-order chi connectivity index (χ1) is 11.3. The third kappa shape index (κ3) is 4.22. The van der Waals surface area contributed by atoms with Gasteiger partial charge in [-0.25, -0.2) is 4.39 Å². The monoisotopic (exact) mass is 331 g/mol. The van der Waals surface area contributed by atoms with Crippen LogP contribution < -0.4 is 4.90 Å². The molecule has 5 heteroatoms. The highest BCUT2D eigenvalue weighted by molar-refractivity contribution is 7.99. The van der Waals surface area contributed by atoms with E-state index < -0.39 is 0 Å². The maximum absolute atomic E-state index is 13.0. The number of hydrogen-bond acceptors (Lipinski definition) is 4. The van der Waals surface area contributed by atoms with E-state index in [1.807, 2.05) is 23.9 Å². The van der Waals surface area contributed by atoms with Crippen molar-refractivity contribution in [2.45, 2.75) is 31.4 Å². The van der Waals surface area contributed by atoms with Gasteiger partial charge in [0.05, 0.1) is 5.69 Å². The molecule has 1 atom stereocenters. The second kappa shape index (κ2) is 7.77. The minimum Gasteiger partial charge on any atom is -0.354 e. The molecule has 1 unspecified atom stereocenters. The van der Waals surface area contributed by atoms with E-state index in [0.29, 0.717) is 5.25 Å². The average Bonchev–Trinajstić information content (AvgIpc) is 2.82. The number of rotatable bonds is 4. The maximum atomic E-state index is 13.0. The number of anilines is 1. The Balaban J connectivity index is 1.74. The molecule has 23 heavy (non-hydrogen) atoms. The van der Waals surface area contributed by atoms with Crippen molar-refractivity contribution in [3.8, 4) is 11.3 Å². The summed E-state index contributed by atoms with van der Waals surface area (Å²) in [6.45, 7) is 4.31. The van der Waals surface area contributed by atoms with Crippen molar-refractivity contribution < 1.29 is 4.39 Å². The summed E-state index contributed by atoms with van der Waals surface area (Å²) in [6.07, 6.45) is 3.79. The van der Waals surface area contributed by atoms with E-state index >= 15 is 0 Å². The van der Waals surface area contributed by atoms with E-state index in [-0.39, 0.29) is 5.82 Å². The van der Waals surface area contributed by atoms with Gasteiger partial charge in [-0.05, 0) is 55.0 Å². The first-order valence-electron chi connectivity index (χ1n) is 8.22. The number of thioether (sulfide) groups is 1. The van der Waals surface area contributed by atoms with Crippen molar-refractivity contribution in [3.63, 3.8) is 0 Å². The summed E-state index contributed by atoms with van der Waals surface area (Å²) in [5.74, 6) is 1.87. The lowest BCUT2D eigenvalue weighted by atomic mass is 10.1. The van der Waals surface area contributed by atoms with Crippen molar-refractivity contribution in [2.75, 3.05) is 23.7 Å². The summed E-state index contributed by atoms with van der Waals surface area (Å²) in [5.41, 5.74) is 1.67. The molecule has 0 bridgehead atoms. The maximum Gasteiger partial charge on any atom is 0.151 e. The SMILES string of the molecule is CCSC1CCCCN(c2ccc(-c3ccc(F)cc3)nn2)C1. The fourth-order valence-corrected chi connectivity index (χ4v) is 4.04. The van der Waals surface area contributed by atoms with Crippen LogP contribution in [0.5, 0.6) is 0 Å². The molecule has 0 saturated carbocycles. The number of nitrogens with zero attached hydrogens (tertiary/aromatic N) is 3. The predicted molar refractivity (Wildman–Crippen MR) is 95.4 cm³/mol. The second-order valence-electron chi connectivity index (χ2n) is 5.80. The van der Waals surface area contributed by atoms with Crippen LogP contribution >= 0.6 is 11.8 Å². The molecule has 2 heterocycles. The van der Waals surface area contributed by atoms with Crippen molar-refractivity contribution >= 4 is 17.6 Å². The van der Waals surface area contributed by atoms with Gasteiger partial charge >= 0.3 is 0 Å².